The highest BCUT2D eigenvalue weighted by Gasteiger charge is 2.17. The molecule has 0 aliphatic carbocycles. The van der Waals surface area contributed by atoms with E-state index in [4.69, 9.17) is 4.42 Å². The third-order valence-corrected chi connectivity index (χ3v) is 3.69. The number of nitrogens with zero attached hydrogens (tertiary/aromatic N) is 2. The minimum atomic E-state index is -3.90. The molecule has 0 saturated heterocycles. The molecule has 0 aromatic carbocycles. The Balaban J connectivity index is 2.06. The van der Waals surface area contributed by atoms with Gasteiger partial charge >= 0.3 is 0 Å². The minimum absolute atomic E-state index is 0.0735. The molecule has 2 aromatic heterocycles. The van der Waals surface area contributed by atoms with Gasteiger partial charge in [-0.15, -0.1) is 0 Å². The molecule has 1 N–H and O–H groups in total. The minimum Gasteiger partial charge on any atom is -0.462 e. The van der Waals surface area contributed by atoms with E-state index < -0.39 is 15.9 Å². The topological polar surface area (TPSA) is 94.2 Å². The Hall–Kier alpha value is -2.35. The number of sulfonamides is 1. The first-order chi connectivity index (χ1) is 9.37. The van der Waals surface area contributed by atoms with Gasteiger partial charge in [0.25, 0.3) is 15.9 Å². The van der Waals surface area contributed by atoms with E-state index in [2.05, 4.69) is 5.10 Å². The van der Waals surface area contributed by atoms with E-state index in [1.807, 2.05) is 4.72 Å². The van der Waals surface area contributed by atoms with Crippen LogP contribution in [0.5, 0.6) is 0 Å². The molecule has 8 heteroatoms. The number of furan rings is 1. The van der Waals surface area contributed by atoms with Crippen molar-refractivity contribution in [2.75, 3.05) is 0 Å². The lowest BCUT2D eigenvalue weighted by atomic mass is 10.4. The summed E-state index contributed by atoms with van der Waals surface area (Å²) in [4.78, 5) is 11.5. The average Bonchev–Trinajstić information content (AvgIpc) is 2.95. The molecule has 0 saturated carbocycles. The van der Waals surface area contributed by atoms with Crippen molar-refractivity contribution in [1.29, 1.82) is 0 Å². The van der Waals surface area contributed by atoms with Crippen LogP contribution in [0.1, 0.15) is 11.5 Å². The number of nitrogens with one attached hydrogen (secondary N) is 1. The maximum absolute atomic E-state index is 11.8. The molecule has 0 atom stereocenters. The molecule has 0 fully saturated rings. The molecule has 0 bridgehead atoms. The van der Waals surface area contributed by atoms with Crippen molar-refractivity contribution in [3.8, 4) is 0 Å². The van der Waals surface area contributed by atoms with Crippen molar-refractivity contribution in [3.05, 3.63) is 42.1 Å². The molecule has 0 aliphatic rings. The zero-order valence-electron chi connectivity index (χ0n) is 10.9. The van der Waals surface area contributed by atoms with Gasteiger partial charge in [-0.3, -0.25) is 9.48 Å². The summed E-state index contributed by atoms with van der Waals surface area (Å²) in [6, 6.07) is 3.42. The number of hydrogen-bond acceptors (Lipinski definition) is 5. The standard InChI is InChI=1S/C12H13N3O4S/c1-9-3-4-10(19-9)5-6-12(16)14-20(17,18)11-7-13-15(2)8-11/h3-8H,1-2H3,(H,14,16)/b6-5+. The SMILES string of the molecule is Cc1ccc(/C=C/C(=O)NS(=O)(=O)c2cnn(C)c2)o1. The number of aryl methyl sites for hydroxylation is 2. The largest absolute Gasteiger partial charge is 0.462 e. The van der Waals surface area contributed by atoms with E-state index in [0.29, 0.717) is 11.5 Å². The van der Waals surface area contributed by atoms with Gasteiger partial charge in [-0.2, -0.15) is 5.10 Å². The summed E-state index contributed by atoms with van der Waals surface area (Å²) in [7, 11) is -2.32. The summed E-state index contributed by atoms with van der Waals surface area (Å²) in [6.07, 6.45) is 4.94. The van der Waals surface area contributed by atoms with Crippen LogP contribution in [-0.4, -0.2) is 24.1 Å². The predicted molar refractivity (Wildman–Crippen MR) is 71.0 cm³/mol. The van der Waals surface area contributed by atoms with E-state index in [0.717, 1.165) is 12.3 Å². The fourth-order valence-electron chi connectivity index (χ4n) is 1.46. The van der Waals surface area contributed by atoms with Gasteiger partial charge < -0.3 is 4.42 Å². The van der Waals surface area contributed by atoms with Crippen molar-refractivity contribution in [2.45, 2.75) is 11.8 Å². The summed E-state index contributed by atoms with van der Waals surface area (Å²) in [6.45, 7) is 1.77. The maximum Gasteiger partial charge on any atom is 0.267 e. The van der Waals surface area contributed by atoms with Crippen molar-refractivity contribution < 1.29 is 17.6 Å². The number of hydrogen-bond donors (Lipinski definition) is 1. The van der Waals surface area contributed by atoms with Gasteiger partial charge in [-0.1, -0.05) is 0 Å². The second kappa shape index (κ2) is 5.33. The fraction of sp³-hybridized carbons (Fsp3) is 0.167. The van der Waals surface area contributed by atoms with E-state index in [1.165, 1.54) is 17.0 Å². The molecule has 0 unspecified atom stereocenters. The second-order valence-corrected chi connectivity index (χ2v) is 5.78. The van der Waals surface area contributed by atoms with Crippen LogP contribution < -0.4 is 4.72 Å². The molecule has 0 aliphatic heterocycles. The summed E-state index contributed by atoms with van der Waals surface area (Å²) >= 11 is 0. The molecule has 2 heterocycles. The molecule has 2 rings (SSSR count). The van der Waals surface area contributed by atoms with Gasteiger partial charge in [0.2, 0.25) is 0 Å². The lowest BCUT2D eigenvalue weighted by Gasteiger charge is -2.00. The van der Waals surface area contributed by atoms with E-state index in [1.54, 1.807) is 26.1 Å². The van der Waals surface area contributed by atoms with Crippen LogP contribution in [0, 0.1) is 6.92 Å². The van der Waals surface area contributed by atoms with Crippen molar-refractivity contribution in [1.82, 2.24) is 14.5 Å². The maximum atomic E-state index is 11.8. The first kappa shape index (κ1) is 14.1. The van der Waals surface area contributed by atoms with E-state index in [9.17, 15) is 13.2 Å². The van der Waals surface area contributed by atoms with Crippen LogP contribution in [0.3, 0.4) is 0 Å². The molecule has 106 valence electrons. The smallest absolute Gasteiger partial charge is 0.267 e. The molecule has 1 amide bonds. The Morgan fingerprint density at radius 3 is 2.75 bits per heavy atom. The summed E-state index contributed by atoms with van der Waals surface area (Å²) in [5.74, 6) is 0.410. The van der Waals surface area contributed by atoms with Gasteiger partial charge in [-0.05, 0) is 25.1 Å². The van der Waals surface area contributed by atoms with Crippen molar-refractivity contribution in [2.24, 2.45) is 7.05 Å². The molecule has 0 spiro atoms. The number of carbonyl (C=O) groups excluding carboxylic acids is 1. The van der Waals surface area contributed by atoms with E-state index in [-0.39, 0.29) is 4.90 Å². The lowest BCUT2D eigenvalue weighted by molar-refractivity contribution is -0.114. The van der Waals surface area contributed by atoms with Gasteiger partial charge in [0, 0.05) is 19.3 Å². The Labute approximate surface area is 115 Å². The van der Waals surface area contributed by atoms with Gasteiger partial charge in [-0.25, -0.2) is 13.1 Å². The van der Waals surface area contributed by atoms with Gasteiger partial charge in [0.15, 0.2) is 0 Å². The highest BCUT2D eigenvalue weighted by Crippen LogP contribution is 2.09. The van der Waals surface area contributed by atoms with Crippen molar-refractivity contribution in [3.63, 3.8) is 0 Å². The fourth-order valence-corrected chi connectivity index (χ4v) is 2.39. The molecule has 0 radical (unpaired) electrons. The van der Waals surface area contributed by atoms with Crippen molar-refractivity contribution >= 4 is 22.0 Å². The zero-order chi connectivity index (χ0) is 14.8. The third-order valence-electron chi connectivity index (χ3n) is 2.39. The van der Waals surface area contributed by atoms with Crippen LogP contribution in [0.15, 0.2) is 39.9 Å². The summed E-state index contributed by atoms with van der Waals surface area (Å²) < 4.78 is 32.1. The van der Waals surface area contributed by atoms with E-state index >= 15 is 0 Å². The highest BCUT2D eigenvalue weighted by atomic mass is 32.2. The zero-order valence-corrected chi connectivity index (χ0v) is 11.7. The highest BCUT2D eigenvalue weighted by molar-refractivity contribution is 7.90. The first-order valence-electron chi connectivity index (χ1n) is 5.67. The average molecular weight is 295 g/mol. The summed E-state index contributed by atoms with van der Waals surface area (Å²) in [5, 5.41) is 3.74. The Kier molecular flexibility index (Phi) is 3.75. The Morgan fingerprint density at radius 2 is 2.20 bits per heavy atom. The third kappa shape index (κ3) is 3.35. The number of carbonyl (C=O) groups is 1. The molecular weight excluding hydrogens is 282 g/mol. The number of amides is 1. The number of rotatable bonds is 4. The van der Waals surface area contributed by atoms with Gasteiger partial charge in [0.05, 0.1) is 6.20 Å². The quantitative estimate of drug-likeness (QED) is 0.843. The van der Waals surface area contributed by atoms with Crippen LogP contribution in [0.4, 0.5) is 0 Å². The summed E-state index contributed by atoms with van der Waals surface area (Å²) in [5.41, 5.74) is 0. The number of aromatic nitrogens is 2. The molecule has 7 nitrogen and oxygen atoms in total. The normalized spacial score (nSPS) is 11.9. The second-order valence-electron chi connectivity index (χ2n) is 4.10. The molecule has 20 heavy (non-hydrogen) atoms. The molecule has 2 aromatic rings. The Bertz CT molecular complexity index is 755. The lowest BCUT2D eigenvalue weighted by Crippen LogP contribution is -2.28. The van der Waals surface area contributed by atoms with Crippen LogP contribution in [0.2, 0.25) is 0 Å². The first-order valence-corrected chi connectivity index (χ1v) is 7.15. The monoisotopic (exact) mass is 295 g/mol. The predicted octanol–water partition coefficient (Wildman–Crippen LogP) is 0.840. The van der Waals surface area contributed by atoms with Gasteiger partial charge in [0.1, 0.15) is 16.4 Å². The Morgan fingerprint density at radius 1 is 1.45 bits per heavy atom. The van der Waals surface area contributed by atoms with Crippen LogP contribution >= 0.6 is 0 Å². The van der Waals surface area contributed by atoms with Crippen LogP contribution in [0.25, 0.3) is 6.08 Å². The van der Waals surface area contributed by atoms with Crippen LogP contribution in [-0.2, 0) is 21.9 Å². The molecular formula is C12H13N3O4S.